The quantitative estimate of drug-likeness (QED) is 0.910. The fourth-order valence-corrected chi connectivity index (χ4v) is 2.25. The van der Waals surface area contributed by atoms with Crippen molar-refractivity contribution in [3.05, 3.63) is 35.8 Å². The van der Waals surface area contributed by atoms with Crippen LogP contribution in [-0.4, -0.2) is 21.3 Å². The normalized spacial score (nSPS) is 11.1. The minimum Gasteiger partial charge on any atom is -0.394 e. The van der Waals surface area contributed by atoms with E-state index in [4.69, 9.17) is 5.73 Å². The van der Waals surface area contributed by atoms with Gasteiger partial charge < -0.3 is 10.6 Å². The van der Waals surface area contributed by atoms with Crippen LogP contribution in [0.4, 0.5) is 11.5 Å². The summed E-state index contributed by atoms with van der Waals surface area (Å²) in [4.78, 5) is 6.61. The van der Waals surface area contributed by atoms with E-state index in [1.54, 1.807) is 0 Å². The summed E-state index contributed by atoms with van der Waals surface area (Å²) in [6.45, 7) is 9.90. The smallest absolute Gasteiger partial charge is 0.151 e. The summed E-state index contributed by atoms with van der Waals surface area (Å²) < 4.78 is 2.00. The van der Waals surface area contributed by atoms with Gasteiger partial charge in [-0.1, -0.05) is 6.07 Å². The molecule has 2 aromatic rings. The molecule has 2 N–H and O–H groups in total. The Labute approximate surface area is 120 Å². The zero-order valence-electron chi connectivity index (χ0n) is 12.7. The van der Waals surface area contributed by atoms with E-state index in [-0.39, 0.29) is 6.04 Å². The molecule has 0 atom stereocenters. The van der Waals surface area contributed by atoms with Crippen LogP contribution in [0.5, 0.6) is 0 Å². The highest BCUT2D eigenvalue weighted by Gasteiger charge is 2.20. The van der Waals surface area contributed by atoms with Crippen molar-refractivity contribution in [2.24, 2.45) is 0 Å². The van der Waals surface area contributed by atoms with Crippen LogP contribution in [-0.2, 0) is 6.54 Å². The number of nitrogens with zero attached hydrogens (tertiary/aromatic N) is 4. The number of hydrogen-bond donors (Lipinski definition) is 1. The molecule has 5 heteroatoms. The summed E-state index contributed by atoms with van der Waals surface area (Å²) in [5.74, 6) is 0.991. The van der Waals surface area contributed by atoms with Crippen LogP contribution >= 0.6 is 0 Å². The number of hydrogen-bond acceptors (Lipinski definition) is 4. The zero-order valence-corrected chi connectivity index (χ0v) is 12.7. The minimum atomic E-state index is 0.277. The van der Waals surface area contributed by atoms with Gasteiger partial charge in [-0.25, -0.2) is 4.68 Å². The summed E-state index contributed by atoms with van der Waals surface area (Å²) in [6.07, 6.45) is 1.82. The summed E-state index contributed by atoms with van der Waals surface area (Å²) in [6, 6.07) is 6.24. The van der Waals surface area contributed by atoms with E-state index >= 15 is 0 Å². The van der Waals surface area contributed by atoms with E-state index < -0.39 is 0 Å². The van der Waals surface area contributed by atoms with Gasteiger partial charge in [0.1, 0.15) is 0 Å². The maximum Gasteiger partial charge on any atom is 0.151 e. The number of rotatable bonds is 5. The van der Waals surface area contributed by atoms with Gasteiger partial charge in [-0.15, -0.1) is 0 Å². The van der Waals surface area contributed by atoms with Gasteiger partial charge in [-0.2, -0.15) is 5.10 Å². The van der Waals surface area contributed by atoms with Gasteiger partial charge in [-0.05, 0) is 39.8 Å². The average Bonchev–Trinajstić information content (AvgIpc) is 2.74. The van der Waals surface area contributed by atoms with Gasteiger partial charge in [-0.3, -0.25) is 4.98 Å². The lowest BCUT2D eigenvalue weighted by Crippen LogP contribution is -2.27. The molecule has 0 aliphatic heterocycles. The molecule has 0 unspecified atom stereocenters. The van der Waals surface area contributed by atoms with Gasteiger partial charge in [0.2, 0.25) is 0 Å². The molecule has 0 fully saturated rings. The molecule has 0 spiro atoms. The Hall–Kier alpha value is -2.04. The molecule has 0 aliphatic carbocycles. The van der Waals surface area contributed by atoms with E-state index in [9.17, 15) is 0 Å². The number of nitrogen functional groups attached to an aromatic ring is 1. The van der Waals surface area contributed by atoms with Crippen molar-refractivity contribution in [1.29, 1.82) is 0 Å². The van der Waals surface area contributed by atoms with Crippen LogP contribution in [0.15, 0.2) is 24.4 Å². The van der Waals surface area contributed by atoms with Crippen molar-refractivity contribution in [1.82, 2.24) is 14.8 Å². The molecule has 0 aromatic carbocycles. The first-order chi connectivity index (χ1) is 9.54. The van der Waals surface area contributed by atoms with Crippen molar-refractivity contribution in [3.8, 4) is 0 Å². The molecular formula is C15H23N5. The lowest BCUT2D eigenvalue weighted by molar-refractivity contribution is 0.521. The molecule has 2 aromatic heterocycles. The van der Waals surface area contributed by atoms with Crippen molar-refractivity contribution in [2.75, 3.05) is 17.2 Å². The highest BCUT2D eigenvalue weighted by atomic mass is 15.4. The van der Waals surface area contributed by atoms with E-state index in [0.717, 1.165) is 36.0 Å². The summed E-state index contributed by atoms with van der Waals surface area (Å²) in [5, 5.41) is 4.55. The first kappa shape index (κ1) is 14.4. The van der Waals surface area contributed by atoms with Crippen LogP contribution in [0.25, 0.3) is 0 Å². The Morgan fingerprint density at radius 1 is 1.35 bits per heavy atom. The van der Waals surface area contributed by atoms with E-state index in [0.29, 0.717) is 0 Å². The SMILES string of the molecule is CCN(Cc1ccccn1)c1c(N)c(C)nn1C(C)C. The molecule has 108 valence electrons. The second kappa shape index (κ2) is 5.94. The van der Waals surface area contributed by atoms with Crippen LogP contribution in [0.3, 0.4) is 0 Å². The van der Waals surface area contributed by atoms with Crippen LogP contribution in [0, 0.1) is 6.92 Å². The predicted molar refractivity (Wildman–Crippen MR) is 82.7 cm³/mol. The van der Waals surface area contributed by atoms with Crippen LogP contribution in [0.2, 0.25) is 0 Å². The number of pyridine rings is 1. The number of aryl methyl sites for hydroxylation is 1. The summed E-state index contributed by atoms with van der Waals surface area (Å²) in [5.41, 5.74) is 8.90. The predicted octanol–water partition coefficient (Wildman–Crippen LogP) is 2.78. The second-order valence-corrected chi connectivity index (χ2v) is 5.20. The van der Waals surface area contributed by atoms with Gasteiger partial charge in [0, 0.05) is 18.8 Å². The highest BCUT2D eigenvalue weighted by molar-refractivity contribution is 5.66. The molecule has 5 nitrogen and oxygen atoms in total. The van der Waals surface area contributed by atoms with Crippen molar-refractivity contribution < 1.29 is 0 Å². The second-order valence-electron chi connectivity index (χ2n) is 5.20. The molecule has 0 aliphatic rings. The third-order valence-corrected chi connectivity index (χ3v) is 3.35. The maximum atomic E-state index is 6.23. The number of aromatic nitrogens is 3. The maximum absolute atomic E-state index is 6.23. The van der Waals surface area contributed by atoms with Gasteiger partial charge >= 0.3 is 0 Å². The highest BCUT2D eigenvalue weighted by Crippen LogP contribution is 2.30. The Morgan fingerprint density at radius 3 is 2.65 bits per heavy atom. The molecule has 0 saturated heterocycles. The molecule has 0 saturated carbocycles. The van der Waals surface area contributed by atoms with Crippen LogP contribution in [0.1, 0.15) is 38.2 Å². The molecule has 2 heterocycles. The minimum absolute atomic E-state index is 0.277. The van der Waals surface area contributed by atoms with Crippen molar-refractivity contribution >= 4 is 11.5 Å². The summed E-state index contributed by atoms with van der Waals surface area (Å²) >= 11 is 0. The van der Waals surface area contributed by atoms with Gasteiger partial charge in [0.05, 0.1) is 23.6 Å². The van der Waals surface area contributed by atoms with E-state index in [1.165, 1.54) is 0 Å². The molecule has 0 bridgehead atoms. The standard InChI is InChI=1S/C15H23N5/c1-5-19(10-13-8-6-7-9-17-13)15-14(16)12(4)18-20(15)11(2)3/h6-9,11H,5,10,16H2,1-4H3. The lowest BCUT2D eigenvalue weighted by atomic mass is 10.3. The average molecular weight is 273 g/mol. The third-order valence-electron chi connectivity index (χ3n) is 3.35. The topological polar surface area (TPSA) is 60.0 Å². The Balaban J connectivity index is 2.37. The Bertz CT molecular complexity index is 559. The Morgan fingerprint density at radius 2 is 2.10 bits per heavy atom. The zero-order chi connectivity index (χ0) is 14.7. The molecule has 0 radical (unpaired) electrons. The fraction of sp³-hybridized carbons (Fsp3) is 0.467. The fourth-order valence-electron chi connectivity index (χ4n) is 2.25. The molecular weight excluding hydrogens is 250 g/mol. The largest absolute Gasteiger partial charge is 0.394 e. The third kappa shape index (κ3) is 2.76. The molecule has 2 rings (SSSR count). The summed E-state index contributed by atoms with van der Waals surface area (Å²) in [7, 11) is 0. The first-order valence-corrected chi connectivity index (χ1v) is 7.04. The van der Waals surface area contributed by atoms with Gasteiger partial charge in [0.15, 0.2) is 5.82 Å². The molecule has 0 amide bonds. The van der Waals surface area contributed by atoms with Crippen molar-refractivity contribution in [2.45, 2.75) is 40.3 Å². The van der Waals surface area contributed by atoms with Crippen LogP contribution < -0.4 is 10.6 Å². The lowest BCUT2D eigenvalue weighted by Gasteiger charge is -2.25. The number of nitrogens with two attached hydrogens (primary N) is 1. The monoisotopic (exact) mass is 273 g/mol. The van der Waals surface area contributed by atoms with Gasteiger partial charge in [0.25, 0.3) is 0 Å². The van der Waals surface area contributed by atoms with E-state index in [1.807, 2.05) is 36.0 Å². The first-order valence-electron chi connectivity index (χ1n) is 7.04. The van der Waals surface area contributed by atoms with Crippen molar-refractivity contribution in [3.63, 3.8) is 0 Å². The Kier molecular flexibility index (Phi) is 4.27. The number of anilines is 2. The molecule has 20 heavy (non-hydrogen) atoms. The van der Waals surface area contributed by atoms with E-state index in [2.05, 4.69) is 35.8 Å².